The van der Waals surface area contributed by atoms with Crippen molar-refractivity contribution in [3.8, 4) is 0 Å². The molecule has 1 aromatic heterocycles. The van der Waals surface area contributed by atoms with Gasteiger partial charge < -0.3 is 10.1 Å². The quantitative estimate of drug-likeness (QED) is 0.628. The number of halogens is 4. The monoisotopic (exact) mass is 386 g/mol. The first-order valence-corrected chi connectivity index (χ1v) is 7.82. The number of esters is 1. The van der Waals surface area contributed by atoms with Gasteiger partial charge in [0.15, 0.2) is 0 Å². The normalized spacial score (nSPS) is 12.3. The van der Waals surface area contributed by atoms with Gasteiger partial charge in [-0.2, -0.15) is 13.2 Å². The average Bonchev–Trinajstić information content (AvgIpc) is 2.59. The number of pyridine rings is 1. The molecule has 9 heteroatoms. The number of hydrogen-bond donors (Lipinski definition) is 1. The summed E-state index contributed by atoms with van der Waals surface area (Å²) in [5.41, 5.74) is -1.53. The van der Waals surface area contributed by atoms with Crippen molar-refractivity contribution in [3.63, 3.8) is 0 Å². The number of carbonyl (C=O) groups is 2. The molecule has 0 aliphatic carbocycles. The van der Waals surface area contributed by atoms with Crippen LogP contribution in [0.15, 0.2) is 42.6 Å². The van der Waals surface area contributed by atoms with Crippen molar-refractivity contribution in [1.29, 1.82) is 0 Å². The van der Waals surface area contributed by atoms with Gasteiger partial charge in [-0.1, -0.05) is 23.7 Å². The van der Waals surface area contributed by atoms with Crippen LogP contribution in [0.1, 0.15) is 33.2 Å². The van der Waals surface area contributed by atoms with Crippen molar-refractivity contribution in [1.82, 2.24) is 10.3 Å². The third-order valence-electron chi connectivity index (χ3n) is 3.30. The summed E-state index contributed by atoms with van der Waals surface area (Å²) in [4.78, 5) is 27.8. The van der Waals surface area contributed by atoms with Gasteiger partial charge in [0.2, 0.25) is 0 Å². The number of alkyl halides is 3. The van der Waals surface area contributed by atoms with Crippen LogP contribution < -0.4 is 5.32 Å². The molecular formula is C17H14ClF3N2O3. The number of amides is 1. The first-order valence-electron chi connectivity index (χ1n) is 7.45. The summed E-state index contributed by atoms with van der Waals surface area (Å²) in [6, 6.07) is 6.65. The van der Waals surface area contributed by atoms with Crippen LogP contribution in [0.25, 0.3) is 0 Å². The smallest absolute Gasteiger partial charge is 0.417 e. The summed E-state index contributed by atoms with van der Waals surface area (Å²) in [7, 11) is 0. The van der Waals surface area contributed by atoms with E-state index >= 15 is 0 Å². The second-order valence-electron chi connectivity index (χ2n) is 5.36. The van der Waals surface area contributed by atoms with Crippen LogP contribution in [0.4, 0.5) is 13.2 Å². The summed E-state index contributed by atoms with van der Waals surface area (Å²) in [5, 5.41) is 2.53. The minimum atomic E-state index is -4.67. The molecule has 0 saturated carbocycles. The molecule has 138 valence electrons. The van der Waals surface area contributed by atoms with Gasteiger partial charge in [0, 0.05) is 6.20 Å². The molecule has 0 fully saturated rings. The van der Waals surface area contributed by atoms with E-state index in [2.05, 4.69) is 10.3 Å². The fourth-order valence-electron chi connectivity index (χ4n) is 2.09. The predicted octanol–water partition coefficient (Wildman–Crippen LogP) is 3.73. The van der Waals surface area contributed by atoms with E-state index in [1.807, 2.05) is 0 Å². The second kappa shape index (κ2) is 8.18. The maximum absolute atomic E-state index is 12.9. The zero-order chi connectivity index (χ0) is 19.3. The fourth-order valence-corrected chi connectivity index (χ4v) is 2.29. The average molecular weight is 387 g/mol. The Balaban J connectivity index is 1.98. The molecule has 0 saturated heterocycles. The Kier molecular flexibility index (Phi) is 6.20. The van der Waals surface area contributed by atoms with Crippen LogP contribution in [0.3, 0.4) is 0 Å². The number of benzene rings is 1. The lowest BCUT2D eigenvalue weighted by molar-refractivity contribution is -0.138. The highest BCUT2D eigenvalue weighted by molar-refractivity contribution is 6.32. The molecule has 0 bridgehead atoms. The van der Waals surface area contributed by atoms with E-state index in [0.717, 1.165) is 12.1 Å². The standard InChI is InChI=1S/C17H14ClF3N2O3/c1-10(23-15(24)12-6-4-8-22-14(12)18)9-26-16(25)11-5-2-3-7-13(11)17(19,20)21/h2-8,10H,9H2,1H3,(H,23,24)/t10-/m0/s1. The van der Waals surface area contributed by atoms with Gasteiger partial charge in [0.25, 0.3) is 5.91 Å². The number of aromatic nitrogens is 1. The van der Waals surface area contributed by atoms with Gasteiger partial charge in [-0.3, -0.25) is 4.79 Å². The highest BCUT2D eigenvalue weighted by atomic mass is 35.5. The van der Waals surface area contributed by atoms with Crippen LogP contribution >= 0.6 is 11.6 Å². The van der Waals surface area contributed by atoms with Crippen LogP contribution in [0.5, 0.6) is 0 Å². The highest BCUT2D eigenvalue weighted by Gasteiger charge is 2.35. The lowest BCUT2D eigenvalue weighted by atomic mass is 10.1. The Morgan fingerprint density at radius 2 is 1.85 bits per heavy atom. The number of nitrogens with one attached hydrogen (secondary N) is 1. The topological polar surface area (TPSA) is 68.3 Å². The number of rotatable bonds is 5. The maximum atomic E-state index is 12.9. The van der Waals surface area contributed by atoms with Crippen LogP contribution in [-0.2, 0) is 10.9 Å². The van der Waals surface area contributed by atoms with Crippen molar-refractivity contribution >= 4 is 23.5 Å². The molecule has 2 aromatic rings. The van der Waals surface area contributed by atoms with Crippen molar-refractivity contribution in [2.75, 3.05) is 6.61 Å². The summed E-state index contributed by atoms with van der Waals surface area (Å²) in [5.74, 6) is -1.67. The Morgan fingerprint density at radius 3 is 2.50 bits per heavy atom. The Hall–Kier alpha value is -2.61. The molecule has 26 heavy (non-hydrogen) atoms. The Bertz CT molecular complexity index is 812. The summed E-state index contributed by atoms with van der Waals surface area (Å²) in [6.45, 7) is 1.22. The molecule has 1 atom stereocenters. The SMILES string of the molecule is C[C@@H](COC(=O)c1ccccc1C(F)(F)F)NC(=O)c1cccnc1Cl. The van der Waals surface area contributed by atoms with E-state index in [9.17, 15) is 22.8 Å². The molecule has 0 aliphatic rings. The van der Waals surface area contributed by atoms with E-state index in [1.54, 1.807) is 0 Å². The minimum Gasteiger partial charge on any atom is -0.460 e. The van der Waals surface area contributed by atoms with E-state index in [4.69, 9.17) is 16.3 Å². The molecule has 0 unspecified atom stereocenters. The fraction of sp³-hybridized carbons (Fsp3) is 0.235. The third kappa shape index (κ3) is 4.95. The van der Waals surface area contributed by atoms with Gasteiger partial charge in [0.1, 0.15) is 11.8 Å². The van der Waals surface area contributed by atoms with E-state index in [1.165, 1.54) is 37.4 Å². The molecule has 0 radical (unpaired) electrons. The van der Waals surface area contributed by atoms with Crippen molar-refractivity contribution in [3.05, 3.63) is 64.4 Å². The van der Waals surface area contributed by atoms with Gasteiger partial charge in [-0.05, 0) is 31.2 Å². The lowest BCUT2D eigenvalue weighted by Crippen LogP contribution is -2.36. The summed E-state index contributed by atoms with van der Waals surface area (Å²) in [6.07, 6.45) is -3.26. The predicted molar refractivity (Wildman–Crippen MR) is 87.9 cm³/mol. The molecule has 0 spiro atoms. The van der Waals surface area contributed by atoms with Crippen LogP contribution in [-0.4, -0.2) is 29.5 Å². The van der Waals surface area contributed by atoms with Crippen LogP contribution in [0.2, 0.25) is 5.15 Å². The lowest BCUT2D eigenvalue weighted by Gasteiger charge is -2.16. The van der Waals surface area contributed by atoms with E-state index < -0.39 is 35.2 Å². The Labute approximate surface area is 152 Å². The summed E-state index contributed by atoms with van der Waals surface area (Å²) >= 11 is 5.81. The molecular weight excluding hydrogens is 373 g/mol. The molecule has 1 N–H and O–H groups in total. The van der Waals surface area contributed by atoms with Crippen molar-refractivity contribution in [2.45, 2.75) is 19.1 Å². The van der Waals surface area contributed by atoms with Crippen LogP contribution in [0, 0.1) is 0 Å². The molecule has 2 rings (SSSR count). The van der Waals surface area contributed by atoms with Gasteiger partial charge in [-0.15, -0.1) is 0 Å². The number of ether oxygens (including phenoxy) is 1. The molecule has 0 aliphatic heterocycles. The molecule has 1 heterocycles. The Morgan fingerprint density at radius 1 is 1.19 bits per heavy atom. The molecule has 1 amide bonds. The zero-order valence-corrected chi connectivity index (χ0v) is 14.3. The number of nitrogens with zero attached hydrogens (tertiary/aromatic N) is 1. The third-order valence-corrected chi connectivity index (χ3v) is 3.60. The first-order chi connectivity index (χ1) is 12.2. The highest BCUT2D eigenvalue weighted by Crippen LogP contribution is 2.32. The van der Waals surface area contributed by atoms with Gasteiger partial charge in [0.05, 0.1) is 22.7 Å². The van der Waals surface area contributed by atoms with E-state index in [0.29, 0.717) is 0 Å². The largest absolute Gasteiger partial charge is 0.460 e. The number of hydrogen-bond acceptors (Lipinski definition) is 4. The number of carbonyl (C=O) groups excluding carboxylic acids is 2. The second-order valence-corrected chi connectivity index (χ2v) is 5.72. The van der Waals surface area contributed by atoms with Gasteiger partial charge >= 0.3 is 12.1 Å². The van der Waals surface area contributed by atoms with Crippen molar-refractivity contribution < 1.29 is 27.5 Å². The maximum Gasteiger partial charge on any atom is 0.417 e. The molecule has 1 aromatic carbocycles. The zero-order valence-electron chi connectivity index (χ0n) is 13.5. The van der Waals surface area contributed by atoms with Gasteiger partial charge in [-0.25, -0.2) is 9.78 Å². The van der Waals surface area contributed by atoms with Crippen molar-refractivity contribution in [2.24, 2.45) is 0 Å². The minimum absolute atomic E-state index is 0.00768. The molecule has 5 nitrogen and oxygen atoms in total. The first kappa shape index (κ1) is 19.7. The van der Waals surface area contributed by atoms with E-state index in [-0.39, 0.29) is 17.3 Å². The summed E-state index contributed by atoms with van der Waals surface area (Å²) < 4.78 is 43.7.